The smallest absolute Gasteiger partial charge is 0.230 e. The highest BCUT2D eigenvalue weighted by Crippen LogP contribution is 2.29. The van der Waals surface area contributed by atoms with E-state index in [0.29, 0.717) is 37.4 Å². The van der Waals surface area contributed by atoms with Crippen molar-refractivity contribution in [3.05, 3.63) is 30.3 Å². The quantitative estimate of drug-likeness (QED) is 0.735. The second-order valence-electron chi connectivity index (χ2n) is 6.87. The standard InChI is InChI=1S/C19H26N4O4S/c1-3-11-28(25,26)23-10-6-7-14(13-23)19(24)20-18-12-16(21-22-18)15-8-4-5-9-17(15)27-2/h4-5,8-9,12,14H,3,6-7,10-11,13H2,1-2H3,(H2,20,21,22,24). The van der Waals surface area contributed by atoms with Crippen LogP contribution in [0.5, 0.6) is 5.75 Å². The molecule has 152 valence electrons. The minimum absolute atomic E-state index is 0.114. The molecule has 1 aromatic carbocycles. The zero-order valence-corrected chi connectivity index (χ0v) is 17.0. The molecule has 2 heterocycles. The summed E-state index contributed by atoms with van der Waals surface area (Å²) >= 11 is 0. The van der Waals surface area contributed by atoms with E-state index in [9.17, 15) is 13.2 Å². The molecule has 0 bridgehead atoms. The number of H-pyrrole nitrogens is 1. The van der Waals surface area contributed by atoms with E-state index in [1.807, 2.05) is 31.2 Å². The predicted octanol–water partition coefficient (Wildman–Crippen LogP) is 2.48. The Morgan fingerprint density at radius 3 is 2.93 bits per heavy atom. The van der Waals surface area contributed by atoms with Crippen LogP contribution in [0.3, 0.4) is 0 Å². The van der Waals surface area contributed by atoms with Gasteiger partial charge in [-0.15, -0.1) is 0 Å². The average molecular weight is 407 g/mol. The molecule has 1 saturated heterocycles. The number of hydrogen-bond donors (Lipinski definition) is 2. The number of aromatic amines is 1. The molecule has 2 aromatic rings. The van der Waals surface area contributed by atoms with Gasteiger partial charge in [-0.1, -0.05) is 19.1 Å². The number of nitrogens with zero attached hydrogens (tertiary/aromatic N) is 2. The molecule has 0 aliphatic carbocycles. The van der Waals surface area contributed by atoms with E-state index in [1.54, 1.807) is 13.2 Å². The average Bonchev–Trinajstić information content (AvgIpc) is 3.16. The van der Waals surface area contributed by atoms with E-state index < -0.39 is 10.0 Å². The van der Waals surface area contributed by atoms with Gasteiger partial charge in [0.1, 0.15) is 5.75 Å². The lowest BCUT2D eigenvalue weighted by Gasteiger charge is -2.30. The Kier molecular flexibility index (Phi) is 6.35. The third kappa shape index (κ3) is 4.53. The van der Waals surface area contributed by atoms with Gasteiger partial charge in [-0.3, -0.25) is 9.89 Å². The van der Waals surface area contributed by atoms with Gasteiger partial charge in [-0.2, -0.15) is 5.10 Å². The van der Waals surface area contributed by atoms with Crippen molar-refractivity contribution in [2.24, 2.45) is 5.92 Å². The number of sulfonamides is 1. The lowest BCUT2D eigenvalue weighted by molar-refractivity contribution is -0.120. The molecule has 8 nitrogen and oxygen atoms in total. The molecule has 1 unspecified atom stereocenters. The maximum atomic E-state index is 12.7. The van der Waals surface area contributed by atoms with Gasteiger partial charge >= 0.3 is 0 Å². The molecular weight excluding hydrogens is 380 g/mol. The number of nitrogens with one attached hydrogen (secondary N) is 2. The van der Waals surface area contributed by atoms with Crippen LogP contribution < -0.4 is 10.1 Å². The molecular formula is C19H26N4O4S. The predicted molar refractivity (Wildman–Crippen MR) is 108 cm³/mol. The summed E-state index contributed by atoms with van der Waals surface area (Å²) in [5, 5.41) is 9.86. The first kappa shape index (κ1) is 20.3. The highest BCUT2D eigenvalue weighted by atomic mass is 32.2. The summed E-state index contributed by atoms with van der Waals surface area (Å²) in [4.78, 5) is 12.7. The van der Waals surface area contributed by atoms with Gasteiger partial charge in [0.25, 0.3) is 0 Å². The Balaban J connectivity index is 1.68. The van der Waals surface area contributed by atoms with E-state index in [-0.39, 0.29) is 24.1 Å². The number of aromatic nitrogens is 2. The summed E-state index contributed by atoms with van der Waals surface area (Å²) in [6.45, 7) is 2.53. The number of anilines is 1. The summed E-state index contributed by atoms with van der Waals surface area (Å²) in [5.41, 5.74) is 1.57. The molecule has 1 atom stereocenters. The van der Waals surface area contributed by atoms with Crippen molar-refractivity contribution in [1.82, 2.24) is 14.5 Å². The third-order valence-electron chi connectivity index (χ3n) is 4.84. The van der Waals surface area contributed by atoms with Gasteiger partial charge in [-0.25, -0.2) is 12.7 Å². The van der Waals surface area contributed by atoms with Crippen molar-refractivity contribution in [2.45, 2.75) is 26.2 Å². The Labute approximate surface area is 165 Å². The molecule has 3 rings (SSSR count). The molecule has 9 heteroatoms. The fraction of sp³-hybridized carbons (Fsp3) is 0.474. The second-order valence-corrected chi connectivity index (χ2v) is 8.96. The normalized spacial score (nSPS) is 18.0. The molecule has 1 aliphatic rings. The number of hydrogen-bond acceptors (Lipinski definition) is 5. The molecule has 0 spiro atoms. The molecule has 1 aromatic heterocycles. The molecule has 1 aliphatic heterocycles. The van der Waals surface area contributed by atoms with Crippen LogP contribution in [0.15, 0.2) is 30.3 Å². The van der Waals surface area contributed by atoms with Crippen LogP contribution in [0.4, 0.5) is 5.82 Å². The SMILES string of the molecule is CCCS(=O)(=O)N1CCCC(C(=O)Nc2cc(-c3ccccc3OC)[nH]n2)C1. The van der Waals surface area contributed by atoms with Crippen molar-refractivity contribution in [1.29, 1.82) is 0 Å². The first-order valence-corrected chi connectivity index (χ1v) is 11.0. The van der Waals surface area contributed by atoms with Crippen LogP contribution in [-0.2, 0) is 14.8 Å². The maximum absolute atomic E-state index is 12.7. The van der Waals surface area contributed by atoms with E-state index in [0.717, 1.165) is 11.3 Å². The first-order chi connectivity index (χ1) is 13.4. The van der Waals surface area contributed by atoms with Crippen LogP contribution >= 0.6 is 0 Å². The number of amides is 1. The monoisotopic (exact) mass is 406 g/mol. The fourth-order valence-corrected chi connectivity index (χ4v) is 5.00. The maximum Gasteiger partial charge on any atom is 0.230 e. The molecule has 0 radical (unpaired) electrons. The van der Waals surface area contributed by atoms with Crippen LogP contribution in [0.25, 0.3) is 11.3 Å². The molecule has 0 saturated carbocycles. The number of piperidine rings is 1. The van der Waals surface area contributed by atoms with E-state index in [2.05, 4.69) is 15.5 Å². The summed E-state index contributed by atoms with van der Waals surface area (Å²) in [6.07, 6.45) is 1.90. The van der Waals surface area contributed by atoms with Crippen molar-refractivity contribution < 1.29 is 17.9 Å². The van der Waals surface area contributed by atoms with E-state index in [4.69, 9.17) is 4.74 Å². The number of para-hydroxylation sites is 1. The van der Waals surface area contributed by atoms with E-state index >= 15 is 0 Å². The first-order valence-electron chi connectivity index (χ1n) is 9.42. The van der Waals surface area contributed by atoms with Crippen LogP contribution in [0, 0.1) is 5.92 Å². The Hall–Kier alpha value is -2.39. The summed E-state index contributed by atoms with van der Waals surface area (Å²) in [7, 11) is -1.70. The van der Waals surface area contributed by atoms with Gasteiger partial charge in [0, 0.05) is 24.7 Å². The highest BCUT2D eigenvalue weighted by Gasteiger charge is 2.32. The lowest BCUT2D eigenvalue weighted by atomic mass is 9.99. The van der Waals surface area contributed by atoms with Crippen molar-refractivity contribution in [3.63, 3.8) is 0 Å². The largest absolute Gasteiger partial charge is 0.496 e. The molecule has 28 heavy (non-hydrogen) atoms. The van der Waals surface area contributed by atoms with Crippen molar-refractivity contribution >= 4 is 21.7 Å². The molecule has 2 N–H and O–H groups in total. The number of carbonyl (C=O) groups is 1. The summed E-state index contributed by atoms with van der Waals surface area (Å²) in [6, 6.07) is 9.26. The van der Waals surface area contributed by atoms with Crippen LogP contribution in [0.2, 0.25) is 0 Å². The number of rotatable bonds is 7. The Morgan fingerprint density at radius 2 is 2.18 bits per heavy atom. The zero-order valence-electron chi connectivity index (χ0n) is 16.1. The van der Waals surface area contributed by atoms with Gasteiger partial charge in [-0.05, 0) is 31.4 Å². The number of ether oxygens (including phenoxy) is 1. The number of carbonyl (C=O) groups excluding carboxylic acids is 1. The highest BCUT2D eigenvalue weighted by molar-refractivity contribution is 7.89. The molecule has 1 amide bonds. The van der Waals surface area contributed by atoms with Crippen LogP contribution in [-0.4, -0.2) is 54.8 Å². The zero-order chi connectivity index (χ0) is 20.1. The minimum atomic E-state index is -3.29. The van der Waals surface area contributed by atoms with Crippen molar-refractivity contribution in [2.75, 3.05) is 31.3 Å². The lowest BCUT2D eigenvalue weighted by Crippen LogP contribution is -2.44. The number of methoxy groups -OCH3 is 1. The Morgan fingerprint density at radius 1 is 1.39 bits per heavy atom. The number of benzene rings is 1. The third-order valence-corrected chi connectivity index (χ3v) is 6.88. The second kappa shape index (κ2) is 8.74. The van der Waals surface area contributed by atoms with Gasteiger partial charge in [0.2, 0.25) is 15.9 Å². The topological polar surface area (TPSA) is 104 Å². The Bertz CT molecular complexity index is 926. The fourth-order valence-electron chi connectivity index (χ4n) is 3.42. The molecule has 1 fully saturated rings. The van der Waals surface area contributed by atoms with Crippen molar-refractivity contribution in [3.8, 4) is 17.0 Å². The van der Waals surface area contributed by atoms with E-state index in [1.165, 1.54) is 4.31 Å². The summed E-state index contributed by atoms with van der Waals surface area (Å²) in [5.74, 6) is 0.622. The van der Waals surface area contributed by atoms with Gasteiger partial charge in [0.05, 0.1) is 24.5 Å². The summed E-state index contributed by atoms with van der Waals surface area (Å²) < 4.78 is 31.4. The van der Waals surface area contributed by atoms with Gasteiger partial charge in [0.15, 0.2) is 5.82 Å². The van der Waals surface area contributed by atoms with Crippen LogP contribution in [0.1, 0.15) is 26.2 Å². The van der Waals surface area contributed by atoms with Gasteiger partial charge < -0.3 is 10.1 Å². The minimum Gasteiger partial charge on any atom is -0.496 e.